The monoisotopic (exact) mass is 444 g/mol. The van der Waals surface area contributed by atoms with Crippen LogP contribution in [0.3, 0.4) is 0 Å². The van der Waals surface area contributed by atoms with E-state index in [1.807, 2.05) is 24.3 Å². The normalized spacial score (nSPS) is 11.0. The summed E-state index contributed by atoms with van der Waals surface area (Å²) in [6.45, 7) is 4.15. The van der Waals surface area contributed by atoms with Crippen LogP contribution in [0.4, 0.5) is 0 Å². The van der Waals surface area contributed by atoms with Gasteiger partial charge in [0.1, 0.15) is 6.26 Å². The van der Waals surface area contributed by atoms with E-state index >= 15 is 0 Å². The number of hydrogen-bond donors (Lipinski definition) is 2. The number of aryl methyl sites for hydroxylation is 1. The summed E-state index contributed by atoms with van der Waals surface area (Å²) in [6, 6.07) is 8.11. The molecule has 0 bridgehead atoms. The number of benzene rings is 1. The van der Waals surface area contributed by atoms with E-state index in [1.165, 1.54) is 5.56 Å². The highest BCUT2D eigenvalue weighted by Crippen LogP contribution is 2.18. The van der Waals surface area contributed by atoms with Crippen LogP contribution in [0.5, 0.6) is 0 Å². The summed E-state index contributed by atoms with van der Waals surface area (Å²) in [4.78, 5) is 8.66. The fraction of sp³-hybridized carbons (Fsp3) is 0.412. The second kappa shape index (κ2) is 11.0. The van der Waals surface area contributed by atoms with Crippen molar-refractivity contribution in [2.45, 2.75) is 19.9 Å². The van der Waals surface area contributed by atoms with Gasteiger partial charge in [-0.1, -0.05) is 17.7 Å². The van der Waals surface area contributed by atoms with E-state index in [0.29, 0.717) is 12.4 Å². The van der Waals surface area contributed by atoms with Crippen LogP contribution >= 0.6 is 24.0 Å². The number of aliphatic imine (C=N–C) groups is 1. The Bertz CT molecular complexity index is 626. The van der Waals surface area contributed by atoms with Gasteiger partial charge in [-0.2, -0.15) is 0 Å². The number of rotatable bonds is 7. The zero-order valence-corrected chi connectivity index (χ0v) is 16.7. The number of methoxy groups -OCH3 is 1. The summed E-state index contributed by atoms with van der Waals surface area (Å²) in [5, 5.41) is 6.43. The average molecular weight is 444 g/mol. The Morgan fingerprint density at radius 1 is 1.25 bits per heavy atom. The number of halogens is 1. The lowest BCUT2D eigenvalue weighted by Gasteiger charge is -2.10. The van der Waals surface area contributed by atoms with Crippen LogP contribution < -0.4 is 10.6 Å². The summed E-state index contributed by atoms with van der Waals surface area (Å²) in [7, 11) is 3.44. The molecule has 0 atom stereocenters. The predicted molar refractivity (Wildman–Crippen MR) is 107 cm³/mol. The van der Waals surface area contributed by atoms with Crippen molar-refractivity contribution in [3.63, 3.8) is 0 Å². The smallest absolute Gasteiger partial charge is 0.226 e. The number of guanidine groups is 1. The summed E-state index contributed by atoms with van der Waals surface area (Å²) >= 11 is 0. The van der Waals surface area contributed by atoms with Crippen molar-refractivity contribution in [1.29, 1.82) is 0 Å². The van der Waals surface area contributed by atoms with E-state index < -0.39 is 0 Å². The zero-order chi connectivity index (χ0) is 16.5. The van der Waals surface area contributed by atoms with Gasteiger partial charge >= 0.3 is 0 Å². The molecule has 0 saturated heterocycles. The van der Waals surface area contributed by atoms with Gasteiger partial charge < -0.3 is 19.8 Å². The maximum absolute atomic E-state index is 5.54. The summed E-state index contributed by atoms with van der Waals surface area (Å²) < 4.78 is 10.6. The molecule has 132 valence electrons. The molecule has 24 heavy (non-hydrogen) atoms. The molecule has 1 heterocycles. The molecule has 2 rings (SSSR count). The average Bonchev–Trinajstić information content (AvgIpc) is 3.04. The van der Waals surface area contributed by atoms with Crippen LogP contribution in [0.2, 0.25) is 0 Å². The Morgan fingerprint density at radius 3 is 2.67 bits per heavy atom. The number of nitrogens with zero attached hydrogens (tertiary/aromatic N) is 2. The van der Waals surface area contributed by atoms with Gasteiger partial charge in [-0.15, -0.1) is 24.0 Å². The van der Waals surface area contributed by atoms with Gasteiger partial charge in [-0.05, 0) is 25.5 Å². The van der Waals surface area contributed by atoms with E-state index in [-0.39, 0.29) is 24.0 Å². The number of hydrogen-bond acceptors (Lipinski definition) is 4. The lowest BCUT2D eigenvalue weighted by Crippen LogP contribution is -2.37. The SMILES string of the molecule is CN=C(NCCCOC)NCc1coc(-c2ccc(C)cc2)n1.I. The van der Waals surface area contributed by atoms with Crippen molar-refractivity contribution in [3.05, 3.63) is 41.8 Å². The highest BCUT2D eigenvalue weighted by atomic mass is 127. The molecule has 6 nitrogen and oxygen atoms in total. The number of oxazole rings is 1. The predicted octanol–water partition coefficient (Wildman–Crippen LogP) is 2.97. The maximum atomic E-state index is 5.54. The van der Waals surface area contributed by atoms with Crippen molar-refractivity contribution < 1.29 is 9.15 Å². The van der Waals surface area contributed by atoms with Crippen LogP contribution in [0.15, 0.2) is 39.9 Å². The molecule has 0 unspecified atom stereocenters. The Balaban J connectivity index is 0.00000288. The standard InChI is InChI=1S/C17H24N4O2.HI/c1-13-5-7-14(8-6-13)16-21-15(12-23-16)11-20-17(18-2)19-9-4-10-22-3;/h5-8,12H,4,9-11H2,1-3H3,(H2,18,19,20);1H. The fourth-order valence-electron chi connectivity index (χ4n) is 2.04. The first-order chi connectivity index (χ1) is 11.2. The summed E-state index contributed by atoms with van der Waals surface area (Å²) in [5.74, 6) is 1.37. The van der Waals surface area contributed by atoms with Gasteiger partial charge in [0.05, 0.1) is 12.2 Å². The van der Waals surface area contributed by atoms with Gasteiger partial charge in [0, 0.05) is 32.9 Å². The molecule has 0 aliphatic heterocycles. The molecule has 1 aromatic heterocycles. The molecular weight excluding hydrogens is 419 g/mol. The van der Waals surface area contributed by atoms with Crippen LogP contribution in [0.25, 0.3) is 11.5 Å². The Kier molecular flexibility index (Phi) is 9.39. The largest absolute Gasteiger partial charge is 0.444 e. The Hall–Kier alpha value is -1.61. The fourth-order valence-corrected chi connectivity index (χ4v) is 2.04. The molecule has 0 saturated carbocycles. The van der Waals surface area contributed by atoms with E-state index in [2.05, 4.69) is 27.5 Å². The second-order valence-corrected chi connectivity index (χ2v) is 5.21. The van der Waals surface area contributed by atoms with Gasteiger partial charge in [-0.3, -0.25) is 4.99 Å². The third-order valence-corrected chi connectivity index (χ3v) is 3.33. The van der Waals surface area contributed by atoms with Crippen molar-refractivity contribution in [1.82, 2.24) is 15.6 Å². The van der Waals surface area contributed by atoms with Gasteiger partial charge in [0.2, 0.25) is 5.89 Å². The molecule has 0 amide bonds. The summed E-state index contributed by atoms with van der Waals surface area (Å²) in [6.07, 6.45) is 2.60. The Labute approximate surface area is 160 Å². The van der Waals surface area contributed by atoms with Gasteiger partial charge in [-0.25, -0.2) is 4.98 Å². The quantitative estimate of drug-likeness (QED) is 0.298. The van der Waals surface area contributed by atoms with Gasteiger partial charge in [0.15, 0.2) is 5.96 Å². The molecular formula is C17H25IN4O2. The second-order valence-electron chi connectivity index (χ2n) is 5.21. The molecule has 7 heteroatoms. The first-order valence-corrected chi connectivity index (χ1v) is 7.68. The number of ether oxygens (including phenoxy) is 1. The zero-order valence-electron chi connectivity index (χ0n) is 14.3. The molecule has 1 aromatic carbocycles. The minimum absolute atomic E-state index is 0. The third kappa shape index (κ3) is 6.48. The van der Waals surface area contributed by atoms with Crippen molar-refractivity contribution in [2.75, 3.05) is 27.3 Å². The lowest BCUT2D eigenvalue weighted by molar-refractivity contribution is 0.195. The van der Waals surface area contributed by atoms with Crippen LogP contribution in [0.1, 0.15) is 17.7 Å². The molecule has 0 spiro atoms. The first kappa shape index (κ1) is 20.4. The highest BCUT2D eigenvalue weighted by molar-refractivity contribution is 14.0. The minimum Gasteiger partial charge on any atom is -0.444 e. The minimum atomic E-state index is 0. The third-order valence-electron chi connectivity index (χ3n) is 3.33. The van der Waals surface area contributed by atoms with Crippen LogP contribution in [0, 0.1) is 6.92 Å². The van der Waals surface area contributed by atoms with E-state index in [1.54, 1.807) is 20.4 Å². The maximum Gasteiger partial charge on any atom is 0.226 e. The van der Waals surface area contributed by atoms with Crippen molar-refractivity contribution in [2.24, 2.45) is 4.99 Å². The molecule has 0 aliphatic carbocycles. The lowest BCUT2D eigenvalue weighted by atomic mass is 10.1. The molecule has 0 aliphatic rings. The summed E-state index contributed by atoms with van der Waals surface area (Å²) in [5.41, 5.74) is 3.02. The van der Waals surface area contributed by atoms with E-state index in [0.717, 1.165) is 36.8 Å². The van der Waals surface area contributed by atoms with E-state index in [4.69, 9.17) is 9.15 Å². The van der Waals surface area contributed by atoms with Gasteiger partial charge in [0.25, 0.3) is 0 Å². The highest BCUT2D eigenvalue weighted by Gasteiger charge is 2.07. The topological polar surface area (TPSA) is 71.7 Å². The number of aromatic nitrogens is 1. The number of nitrogens with one attached hydrogen (secondary N) is 2. The molecule has 2 aromatic rings. The molecule has 0 fully saturated rings. The van der Waals surface area contributed by atoms with E-state index in [9.17, 15) is 0 Å². The first-order valence-electron chi connectivity index (χ1n) is 7.68. The van der Waals surface area contributed by atoms with Crippen molar-refractivity contribution in [3.8, 4) is 11.5 Å². The molecule has 2 N–H and O–H groups in total. The van der Waals surface area contributed by atoms with Crippen LogP contribution in [-0.4, -0.2) is 38.3 Å². The Morgan fingerprint density at radius 2 is 2.00 bits per heavy atom. The van der Waals surface area contributed by atoms with Crippen LogP contribution in [-0.2, 0) is 11.3 Å². The molecule has 0 radical (unpaired) electrons. The van der Waals surface area contributed by atoms with Crippen molar-refractivity contribution >= 4 is 29.9 Å².